The second kappa shape index (κ2) is 5.30. The summed E-state index contributed by atoms with van der Waals surface area (Å²) in [5.41, 5.74) is 7.94. The van der Waals surface area contributed by atoms with E-state index in [1.54, 1.807) is 0 Å². The van der Waals surface area contributed by atoms with Gasteiger partial charge in [-0.15, -0.1) is 0 Å². The van der Waals surface area contributed by atoms with Gasteiger partial charge in [0.05, 0.1) is 5.69 Å². The van der Waals surface area contributed by atoms with Crippen LogP contribution < -0.4 is 10.6 Å². The largest absolute Gasteiger partial charge is 0.348 e. The standard InChI is InChI=1S/C16H27N3S/c1-16(2,3)11-7-9-19(10-8-11)15-18-13-6-4-5-12(17)14(13)20-15/h11-12H,4-10,17H2,1-3H3. The molecule has 0 amide bonds. The summed E-state index contributed by atoms with van der Waals surface area (Å²) in [7, 11) is 0. The quantitative estimate of drug-likeness (QED) is 0.857. The minimum Gasteiger partial charge on any atom is -0.348 e. The molecule has 1 aliphatic carbocycles. The minimum atomic E-state index is 0.233. The van der Waals surface area contributed by atoms with Crippen LogP contribution in [0.15, 0.2) is 0 Å². The summed E-state index contributed by atoms with van der Waals surface area (Å²) >= 11 is 1.85. The number of rotatable bonds is 1. The molecule has 0 spiro atoms. The van der Waals surface area contributed by atoms with E-state index in [2.05, 4.69) is 25.7 Å². The molecule has 112 valence electrons. The molecule has 1 aromatic heterocycles. The summed E-state index contributed by atoms with van der Waals surface area (Å²) in [5.74, 6) is 0.843. The van der Waals surface area contributed by atoms with E-state index in [-0.39, 0.29) is 6.04 Å². The number of aromatic nitrogens is 1. The predicted molar refractivity (Wildman–Crippen MR) is 86.4 cm³/mol. The van der Waals surface area contributed by atoms with E-state index in [0.717, 1.165) is 31.8 Å². The Balaban J connectivity index is 1.70. The summed E-state index contributed by atoms with van der Waals surface area (Å²) in [6, 6.07) is 0.233. The molecule has 0 radical (unpaired) electrons. The Morgan fingerprint density at radius 1 is 1.20 bits per heavy atom. The van der Waals surface area contributed by atoms with Gasteiger partial charge in [0.15, 0.2) is 5.13 Å². The first-order valence-corrected chi connectivity index (χ1v) is 8.77. The van der Waals surface area contributed by atoms with E-state index in [1.807, 2.05) is 11.3 Å². The molecule has 2 aliphatic rings. The van der Waals surface area contributed by atoms with E-state index in [4.69, 9.17) is 10.7 Å². The lowest BCUT2D eigenvalue weighted by Crippen LogP contribution is -2.37. The fourth-order valence-corrected chi connectivity index (χ4v) is 4.71. The van der Waals surface area contributed by atoms with E-state index in [1.165, 1.54) is 35.0 Å². The van der Waals surface area contributed by atoms with Crippen LogP contribution in [0.5, 0.6) is 0 Å². The van der Waals surface area contributed by atoms with Crippen LogP contribution in [0.2, 0.25) is 0 Å². The highest BCUT2D eigenvalue weighted by Crippen LogP contribution is 2.39. The maximum Gasteiger partial charge on any atom is 0.185 e. The SMILES string of the molecule is CC(C)(C)C1CCN(c2nc3c(s2)C(N)CCC3)CC1. The van der Waals surface area contributed by atoms with E-state index in [9.17, 15) is 0 Å². The number of anilines is 1. The maximum atomic E-state index is 6.22. The highest BCUT2D eigenvalue weighted by Gasteiger charge is 2.30. The summed E-state index contributed by atoms with van der Waals surface area (Å²) in [5, 5.41) is 1.22. The molecule has 3 nitrogen and oxygen atoms in total. The molecule has 1 fully saturated rings. The average molecular weight is 293 g/mol. The normalized spacial score (nSPS) is 24.8. The number of hydrogen-bond acceptors (Lipinski definition) is 4. The van der Waals surface area contributed by atoms with Crippen molar-refractivity contribution in [3.8, 4) is 0 Å². The maximum absolute atomic E-state index is 6.22. The van der Waals surface area contributed by atoms with Crippen molar-refractivity contribution >= 4 is 16.5 Å². The number of thiazole rings is 1. The first-order valence-electron chi connectivity index (χ1n) is 7.95. The molecule has 20 heavy (non-hydrogen) atoms. The van der Waals surface area contributed by atoms with Crippen LogP contribution >= 0.6 is 11.3 Å². The van der Waals surface area contributed by atoms with Crippen molar-refractivity contribution in [2.24, 2.45) is 17.1 Å². The number of aryl methyl sites for hydroxylation is 1. The van der Waals surface area contributed by atoms with E-state index < -0.39 is 0 Å². The van der Waals surface area contributed by atoms with Crippen LogP contribution in [0.25, 0.3) is 0 Å². The number of nitrogens with two attached hydrogens (primary N) is 1. The van der Waals surface area contributed by atoms with Crippen molar-refractivity contribution in [1.29, 1.82) is 0 Å². The predicted octanol–water partition coefficient (Wildman–Crippen LogP) is 3.74. The number of fused-ring (bicyclic) bond motifs is 1. The van der Waals surface area contributed by atoms with Gasteiger partial charge in [-0.05, 0) is 43.4 Å². The van der Waals surface area contributed by atoms with Gasteiger partial charge in [0.1, 0.15) is 0 Å². The van der Waals surface area contributed by atoms with E-state index >= 15 is 0 Å². The molecule has 3 rings (SSSR count). The Bertz CT molecular complexity index is 467. The van der Waals surface area contributed by atoms with Crippen LogP contribution in [-0.4, -0.2) is 18.1 Å². The van der Waals surface area contributed by atoms with Crippen LogP contribution in [0.4, 0.5) is 5.13 Å². The summed E-state index contributed by atoms with van der Waals surface area (Å²) in [6.07, 6.45) is 6.03. The monoisotopic (exact) mass is 293 g/mol. The molecule has 4 heteroatoms. The van der Waals surface area contributed by atoms with Crippen molar-refractivity contribution in [2.45, 2.75) is 58.9 Å². The van der Waals surface area contributed by atoms with Gasteiger partial charge in [0.25, 0.3) is 0 Å². The van der Waals surface area contributed by atoms with Gasteiger partial charge >= 0.3 is 0 Å². The van der Waals surface area contributed by atoms with Gasteiger partial charge in [-0.3, -0.25) is 0 Å². The summed E-state index contributed by atoms with van der Waals surface area (Å²) in [6.45, 7) is 9.42. The molecule has 1 atom stereocenters. The van der Waals surface area contributed by atoms with Crippen molar-refractivity contribution in [3.05, 3.63) is 10.6 Å². The molecule has 1 unspecified atom stereocenters. The molecule has 0 aromatic carbocycles. The van der Waals surface area contributed by atoms with E-state index in [0.29, 0.717) is 5.41 Å². The third kappa shape index (κ3) is 2.73. The average Bonchev–Trinajstić information content (AvgIpc) is 2.83. The van der Waals surface area contributed by atoms with Crippen LogP contribution in [0.3, 0.4) is 0 Å². The third-order valence-electron chi connectivity index (χ3n) is 4.97. The minimum absolute atomic E-state index is 0.233. The Labute approximate surface area is 126 Å². The first-order chi connectivity index (χ1) is 9.45. The molecule has 0 saturated carbocycles. The number of hydrogen-bond donors (Lipinski definition) is 1. The Morgan fingerprint density at radius 3 is 2.50 bits per heavy atom. The second-order valence-electron chi connectivity index (χ2n) is 7.43. The Kier molecular flexibility index (Phi) is 3.80. The van der Waals surface area contributed by atoms with Gasteiger partial charge in [-0.2, -0.15) is 0 Å². The van der Waals surface area contributed by atoms with Gasteiger partial charge < -0.3 is 10.6 Å². The smallest absolute Gasteiger partial charge is 0.185 e. The number of piperidine rings is 1. The molecular formula is C16H27N3S. The fraction of sp³-hybridized carbons (Fsp3) is 0.812. The zero-order valence-electron chi connectivity index (χ0n) is 13.0. The lowest BCUT2D eigenvalue weighted by atomic mass is 9.75. The molecule has 1 saturated heterocycles. The zero-order chi connectivity index (χ0) is 14.3. The van der Waals surface area contributed by atoms with Gasteiger partial charge in [0, 0.05) is 24.0 Å². The Hall–Kier alpha value is -0.610. The highest BCUT2D eigenvalue weighted by molar-refractivity contribution is 7.15. The van der Waals surface area contributed by atoms with Crippen LogP contribution in [0.1, 0.15) is 63.1 Å². The van der Waals surface area contributed by atoms with Gasteiger partial charge in [-0.25, -0.2) is 4.98 Å². The van der Waals surface area contributed by atoms with Crippen molar-refractivity contribution < 1.29 is 0 Å². The highest BCUT2D eigenvalue weighted by atomic mass is 32.1. The molecule has 2 N–H and O–H groups in total. The van der Waals surface area contributed by atoms with Crippen molar-refractivity contribution in [1.82, 2.24) is 4.98 Å². The van der Waals surface area contributed by atoms with Crippen LogP contribution in [0, 0.1) is 11.3 Å². The molecule has 1 aliphatic heterocycles. The topological polar surface area (TPSA) is 42.2 Å². The molecule has 0 bridgehead atoms. The van der Waals surface area contributed by atoms with Crippen LogP contribution in [-0.2, 0) is 6.42 Å². The third-order valence-corrected chi connectivity index (χ3v) is 6.26. The van der Waals surface area contributed by atoms with Gasteiger partial charge in [-0.1, -0.05) is 32.1 Å². The van der Waals surface area contributed by atoms with Gasteiger partial charge in [0.2, 0.25) is 0 Å². The second-order valence-corrected chi connectivity index (χ2v) is 8.44. The molecule has 1 aromatic rings. The van der Waals surface area contributed by atoms with Crippen molar-refractivity contribution in [2.75, 3.05) is 18.0 Å². The molecule has 2 heterocycles. The molecular weight excluding hydrogens is 266 g/mol. The lowest BCUT2D eigenvalue weighted by molar-refractivity contribution is 0.199. The Morgan fingerprint density at radius 2 is 1.90 bits per heavy atom. The lowest BCUT2D eigenvalue weighted by Gasteiger charge is -2.38. The number of nitrogens with zero attached hydrogens (tertiary/aromatic N) is 2. The summed E-state index contributed by atoms with van der Waals surface area (Å²) in [4.78, 5) is 8.71. The first kappa shape index (κ1) is 14.3. The zero-order valence-corrected chi connectivity index (χ0v) is 13.8. The fourth-order valence-electron chi connectivity index (χ4n) is 3.51. The van der Waals surface area contributed by atoms with Crippen molar-refractivity contribution in [3.63, 3.8) is 0 Å². The summed E-state index contributed by atoms with van der Waals surface area (Å²) < 4.78 is 0.